The van der Waals surface area contributed by atoms with E-state index in [2.05, 4.69) is 0 Å². The largest absolute Gasteiger partial charge is 1.00 e. The van der Waals surface area contributed by atoms with E-state index in [0.717, 1.165) is 0 Å². The van der Waals surface area contributed by atoms with E-state index in [1.807, 2.05) is 21.1 Å². The van der Waals surface area contributed by atoms with Gasteiger partial charge in [-0.2, -0.15) is 0 Å². The van der Waals surface area contributed by atoms with Gasteiger partial charge in [-0.25, -0.2) is 0 Å². The summed E-state index contributed by atoms with van der Waals surface area (Å²) < 4.78 is 0.492. The molecule has 3 nitrogen and oxygen atoms in total. The lowest BCUT2D eigenvalue weighted by Gasteiger charge is -2.30. The van der Waals surface area contributed by atoms with Gasteiger partial charge in [-0.1, -0.05) is 0 Å². The standard InChI is InChI=1S/C7H16NO2.ClH/c1-6(10)7(5-9)8(2,3)4;/h7,9H,5H2,1-4H3;1H/q+1;/p-1. The second-order valence-corrected chi connectivity index (χ2v) is 3.43. The Kier molecular flexibility index (Phi) is 5.75. The minimum absolute atomic E-state index is 0. The molecule has 1 unspecified atom stereocenters. The lowest BCUT2D eigenvalue weighted by atomic mass is 10.2. The van der Waals surface area contributed by atoms with E-state index in [9.17, 15) is 4.79 Å². The maximum absolute atomic E-state index is 10.8. The molecule has 11 heavy (non-hydrogen) atoms. The molecule has 0 amide bonds. The van der Waals surface area contributed by atoms with Gasteiger partial charge in [0.2, 0.25) is 0 Å². The van der Waals surface area contributed by atoms with Crippen molar-refractivity contribution in [1.29, 1.82) is 0 Å². The Morgan fingerprint density at radius 2 is 1.82 bits per heavy atom. The molecular formula is C7H16ClNO2. The molecule has 0 fully saturated rings. The number of Topliss-reactive ketones (excluding diaryl/α,β-unsaturated/α-hetero) is 1. The number of halogens is 1. The van der Waals surface area contributed by atoms with Crippen molar-refractivity contribution in [1.82, 2.24) is 0 Å². The van der Waals surface area contributed by atoms with E-state index in [1.54, 1.807) is 0 Å². The summed E-state index contributed by atoms with van der Waals surface area (Å²) in [5.41, 5.74) is 0. The Hall–Kier alpha value is -0.120. The Morgan fingerprint density at radius 1 is 1.45 bits per heavy atom. The molecule has 0 heterocycles. The quantitative estimate of drug-likeness (QED) is 0.462. The predicted octanol–water partition coefficient (Wildman–Crippen LogP) is -3.35. The van der Waals surface area contributed by atoms with Crippen molar-refractivity contribution in [3.63, 3.8) is 0 Å². The maximum atomic E-state index is 10.8. The summed E-state index contributed by atoms with van der Waals surface area (Å²) in [6, 6.07) is -0.278. The second kappa shape index (κ2) is 4.70. The molecule has 0 aromatic carbocycles. The maximum Gasteiger partial charge on any atom is 0.189 e. The Bertz CT molecular complexity index is 131. The van der Waals surface area contributed by atoms with Crippen LogP contribution in [0.3, 0.4) is 0 Å². The zero-order valence-electron chi connectivity index (χ0n) is 7.47. The summed E-state index contributed by atoms with van der Waals surface area (Å²) in [6.45, 7) is 1.43. The highest BCUT2D eigenvalue weighted by Gasteiger charge is 2.26. The monoisotopic (exact) mass is 181 g/mol. The van der Waals surface area contributed by atoms with Gasteiger partial charge >= 0.3 is 0 Å². The van der Waals surface area contributed by atoms with Crippen LogP contribution in [-0.2, 0) is 4.79 Å². The number of carbonyl (C=O) groups is 1. The molecule has 0 aliphatic heterocycles. The molecule has 0 saturated carbocycles. The number of aliphatic hydroxyl groups excluding tert-OH is 1. The number of likely N-dealkylation sites (N-methyl/N-ethyl adjacent to an activating group) is 1. The molecule has 1 N–H and O–H groups in total. The van der Waals surface area contributed by atoms with Gasteiger partial charge in [0.15, 0.2) is 11.8 Å². The van der Waals surface area contributed by atoms with Crippen LogP contribution < -0.4 is 12.4 Å². The molecule has 0 aliphatic carbocycles. The number of rotatable bonds is 3. The minimum atomic E-state index is -0.278. The lowest BCUT2D eigenvalue weighted by molar-refractivity contribution is -0.886. The Morgan fingerprint density at radius 3 is 1.82 bits per heavy atom. The van der Waals surface area contributed by atoms with Crippen LogP contribution in [0.1, 0.15) is 6.92 Å². The van der Waals surface area contributed by atoms with Crippen molar-refractivity contribution in [2.24, 2.45) is 0 Å². The van der Waals surface area contributed by atoms with Gasteiger partial charge in [0.05, 0.1) is 21.1 Å². The van der Waals surface area contributed by atoms with Gasteiger partial charge in [0, 0.05) is 6.92 Å². The highest BCUT2D eigenvalue weighted by molar-refractivity contribution is 5.80. The predicted molar refractivity (Wildman–Crippen MR) is 39.6 cm³/mol. The van der Waals surface area contributed by atoms with E-state index < -0.39 is 0 Å². The fourth-order valence-corrected chi connectivity index (χ4v) is 0.919. The summed E-state index contributed by atoms with van der Waals surface area (Å²) in [7, 11) is 5.67. The van der Waals surface area contributed by atoms with Crippen LogP contribution in [0.25, 0.3) is 0 Å². The molecule has 0 spiro atoms. The molecule has 4 heteroatoms. The molecule has 0 saturated heterocycles. The number of hydrogen-bond donors (Lipinski definition) is 1. The topological polar surface area (TPSA) is 37.3 Å². The van der Waals surface area contributed by atoms with Gasteiger partial charge in [0.25, 0.3) is 0 Å². The van der Waals surface area contributed by atoms with Gasteiger partial charge in [0.1, 0.15) is 6.61 Å². The molecule has 0 aromatic heterocycles. The van der Waals surface area contributed by atoms with Gasteiger partial charge in [-0.15, -0.1) is 0 Å². The number of quaternary nitrogens is 1. The Labute approximate surface area is 74.0 Å². The third kappa shape index (κ3) is 4.35. The van der Waals surface area contributed by atoms with Crippen molar-refractivity contribution in [2.45, 2.75) is 13.0 Å². The molecule has 1 atom stereocenters. The van der Waals surface area contributed by atoms with E-state index >= 15 is 0 Å². The van der Waals surface area contributed by atoms with E-state index in [1.165, 1.54) is 6.92 Å². The summed E-state index contributed by atoms with van der Waals surface area (Å²) in [6.07, 6.45) is 0. The van der Waals surface area contributed by atoms with Crippen LogP contribution in [0.15, 0.2) is 0 Å². The van der Waals surface area contributed by atoms with Crippen LogP contribution in [0.4, 0.5) is 0 Å². The summed E-state index contributed by atoms with van der Waals surface area (Å²) in [5.74, 6) is 0.0370. The van der Waals surface area contributed by atoms with Crippen molar-refractivity contribution >= 4 is 5.78 Å². The van der Waals surface area contributed by atoms with E-state index in [-0.39, 0.29) is 30.8 Å². The van der Waals surface area contributed by atoms with Gasteiger partial charge in [-0.3, -0.25) is 4.79 Å². The molecule has 0 aliphatic rings. The van der Waals surface area contributed by atoms with Crippen LogP contribution in [0.5, 0.6) is 0 Å². The smallest absolute Gasteiger partial charge is 0.189 e. The fraction of sp³-hybridized carbons (Fsp3) is 0.857. The first-order chi connectivity index (χ1) is 4.39. The van der Waals surface area contributed by atoms with Crippen LogP contribution in [-0.4, -0.2) is 49.2 Å². The fourth-order valence-electron chi connectivity index (χ4n) is 0.919. The van der Waals surface area contributed by atoms with Crippen molar-refractivity contribution in [3.8, 4) is 0 Å². The van der Waals surface area contributed by atoms with Gasteiger partial charge < -0.3 is 22.0 Å². The normalized spacial score (nSPS) is 13.5. The zero-order chi connectivity index (χ0) is 8.36. The third-order valence-corrected chi connectivity index (χ3v) is 1.58. The SMILES string of the molecule is CC(=O)C(CO)[N+](C)(C)C.[Cl-]. The van der Waals surface area contributed by atoms with Gasteiger partial charge in [-0.05, 0) is 0 Å². The Balaban J connectivity index is 0. The summed E-state index contributed by atoms with van der Waals surface area (Å²) in [4.78, 5) is 10.8. The van der Waals surface area contributed by atoms with Crippen LogP contribution >= 0.6 is 0 Å². The van der Waals surface area contributed by atoms with Crippen molar-refractivity contribution in [2.75, 3.05) is 27.7 Å². The average molecular weight is 182 g/mol. The molecule has 0 aromatic rings. The minimum Gasteiger partial charge on any atom is -1.00 e. The van der Waals surface area contributed by atoms with Crippen molar-refractivity contribution < 1.29 is 26.8 Å². The highest BCUT2D eigenvalue weighted by atomic mass is 35.5. The molecule has 68 valence electrons. The third-order valence-electron chi connectivity index (χ3n) is 1.58. The highest BCUT2D eigenvalue weighted by Crippen LogP contribution is 2.02. The molecular weight excluding hydrogens is 166 g/mol. The number of ketones is 1. The first-order valence-electron chi connectivity index (χ1n) is 3.32. The zero-order valence-corrected chi connectivity index (χ0v) is 8.22. The number of hydrogen-bond acceptors (Lipinski definition) is 2. The number of aliphatic hydroxyl groups is 1. The van der Waals surface area contributed by atoms with Crippen molar-refractivity contribution in [3.05, 3.63) is 0 Å². The first kappa shape index (κ1) is 13.5. The summed E-state index contributed by atoms with van der Waals surface area (Å²) in [5, 5.41) is 8.80. The second-order valence-electron chi connectivity index (χ2n) is 3.43. The van der Waals surface area contributed by atoms with E-state index in [0.29, 0.717) is 4.48 Å². The van der Waals surface area contributed by atoms with Crippen LogP contribution in [0.2, 0.25) is 0 Å². The van der Waals surface area contributed by atoms with E-state index in [4.69, 9.17) is 5.11 Å². The average Bonchev–Trinajstić information content (AvgIpc) is 1.60. The summed E-state index contributed by atoms with van der Waals surface area (Å²) >= 11 is 0. The first-order valence-corrected chi connectivity index (χ1v) is 3.32. The number of nitrogens with zero attached hydrogens (tertiary/aromatic N) is 1. The van der Waals surface area contributed by atoms with Crippen LogP contribution in [0, 0.1) is 0 Å². The molecule has 0 radical (unpaired) electrons. The lowest BCUT2D eigenvalue weighted by Crippen LogP contribution is -3.00. The molecule has 0 rings (SSSR count). The molecule has 0 bridgehead atoms. The number of carbonyl (C=O) groups excluding carboxylic acids is 1.